The average Bonchev–Trinajstić information content (AvgIpc) is 3.60. The molecule has 0 saturated carbocycles. The molecule has 41 heavy (non-hydrogen) atoms. The summed E-state index contributed by atoms with van der Waals surface area (Å²) >= 11 is 13.0. The molecule has 4 rings (SSSR count). The number of aromatic nitrogens is 3. The summed E-state index contributed by atoms with van der Waals surface area (Å²) in [4.78, 5) is 29.3. The Morgan fingerprint density at radius 2 is 1.85 bits per heavy atom. The molecule has 0 fully saturated rings. The van der Waals surface area contributed by atoms with Crippen LogP contribution in [0.2, 0.25) is 10.0 Å². The number of carbonyl (C=O) groups is 2. The number of ether oxygens (including phenoxy) is 3. The molecule has 5 N–H and O–H groups in total. The number of nitrogens with zero attached hydrogens (tertiary/aromatic N) is 3. The highest BCUT2D eigenvalue weighted by Gasteiger charge is 2.27. The van der Waals surface area contributed by atoms with Crippen LogP contribution in [0.1, 0.15) is 17.7 Å². The van der Waals surface area contributed by atoms with Gasteiger partial charge in [0.2, 0.25) is 11.8 Å². The summed E-state index contributed by atoms with van der Waals surface area (Å²) < 4.78 is 17.8. The van der Waals surface area contributed by atoms with E-state index in [0.29, 0.717) is 100 Å². The van der Waals surface area contributed by atoms with Gasteiger partial charge < -0.3 is 40.3 Å². The maximum atomic E-state index is 12.2. The molecule has 0 atom stereocenters. The van der Waals surface area contributed by atoms with Crippen molar-refractivity contribution in [3.8, 4) is 11.3 Å². The number of nitrogens with two attached hydrogens (primary N) is 1. The van der Waals surface area contributed by atoms with Crippen molar-refractivity contribution in [1.82, 2.24) is 25.0 Å². The molecule has 14 heteroatoms. The fourth-order valence-corrected chi connectivity index (χ4v) is 5.07. The Labute approximate surface area is 248 Å². The number of benzene rings is 1. The zero-order chi connectivity index (χ0) is 29.2. The van der Waals surface area contributed by atoms with E-state index in [1.807, 2.05) is 12.3 Å². The van der Waals surface area contributed by atoms with Gasteiger partial charge in [-0.1, -0.05) is 23.2 Å². The topological polar surface area (TPSA) is 157 Å². The highest BCUT2D eigenvalue weighted by Crippen LogP contribution is 2.41. The van der Waals surface area contributed by atoms with Crippen LogP contribution in [0, 0.1) is 0 Å². The number of aliphatic hydroxyl groups is 1. The van der Waals surface area contributed by atoms with E-state index in [1.165, 1.54) is 0 Å². The fraction of sp³-hybridized carbons (Fsp3) is 0.519. The van der Waals surface area contributed by atoms with Crippen LogP contribution in [-0.2, 0) is 43.3 Å². The second kappa shape index (κ2) is 15.5. The number of rotatable bonds is 16. The summed E-state index contributed by atoms with van der Waals surface area (Å²) in [6.45, 7) is 4.33. The molecule has 0 spiro atoms. The molecule has 1 aliphatic heterocycles. The molecule has 2 amide bonds. The first-order valence-corrected chi connectivity index (χ1v) is 14.3. The van der Waals surface area contributed by atoms with Gasteiger partial charge >= 0.3 is 0 Å². The molecule has 1 aromatic carbocycles. The maximum Gasteiger partial charge on any atom is 0.248 e. The third-order valence-corrected chi connectivity index (χ3v) is 7.48. The molecule has 0 aliphatic carbocycles. The number of nitrogens with one attached hydrogen (secondary N) is 2. The van der Waals surface area contributed by atoms with Gasteiger partial charge in [-0.25, -0.2) is 0 Å². The van der Waals surface area contributed by atoms with Crippen molar-refractivity contribution in [1.29, 1.82) is 0 Å². The molecule has 3 heterocycles. The van der Waals surface area contributed by atoms with Crippen molar-refractivity contribution in [2.24, 2.45) is 5.73 Å². The van der Waals surface area contributed by atoms with Crippen LogP contribution in [0.3, 0.4) is 0 Å². The summed E-state index contributed by atoms with van der Waals surface area (Å²) in [5, 5.41) is 18.6. The van der Waals surface area contributed by atoms with Gasteiger partial charge in [-0.05, 0) is 12.1 Å². The van der Waals surface area contributed by atoms with Crippen molar-refractivity contribution in [3.63, 3.8) is 0 Å². The average molecular weight is 612 g/mol. The van der Waals surface area contributed by atoms with E-state index in [1.54, 1.807) is 15.6 Å². The smallest absolute Gasteiger partial charge is 0.248 e. The van der Waals surface area contributed by atoms with E-state index < -0.39 is 6.61 Å². The first-order valence-electron chi connectivity index (χ1n) is 13.6. The molecule has 2 aromatic heterocycles. The van der Waals surface area contributed by atoms with Crippen LogP contribution in [0.15, 0.2) is 18.3 Å². The number of halogens is 2. The number of fused-ring (bicyclic) bond motifs is 3. The molecular formula is C27H36Cl2N6O6. The van der Waals surface area contributed by atoms with E-state index in [-0.39, 0.29) is 18.2 Å². The van der Waals surface area contributed by atoms with Gasteiger partial charge in [-0.15, -0.1) is 0 Å². The fourth-order valence-electron chi connectivity index (χ4n) is 4.67. The van der Waals surface area contributed by atoms with Crippen LogP contribution < -0.4 is 11.1 Å². The van der Waals surface area contributed by atoms with Crippen molar-refractivity contribution in [3.05, 3.63) is 39.6 Å². The Morgan fingerprint density at radius 3 is 2.59 bits per heavy atom. The zero-order valence-corrected chi connectivity index (χ0v) is 24.3. The molecule has 3 aromatic rings. The third kappa shape index (κ3) is 8.19. The van der Waals surface area contributed by atoms with Crippen LogP contribution in [-0.4, -0.2) is 102 Å². The maximum absolute atomic E-state index is 12.2. The molecule has 0 bridgehead atoms. The normalized spacial score (nSPS) is 13.1. The Kier molecular flexibility index (Phi) is 11.8. The number of aliphatic hydroxyl groups excluding tert-OH is 1. The summed E-state index contributed by atoms with van der Waals surface area (Å²) in [7, 11) is 0. The molecule has 1 aliphatic rings. The van der Waals surface area contributed by atoms with Gasteiger partial charge in [-0.2, -0.15) is 5.10 Å². The lowest BCUT2D eigenvalue weighted by molar-refractivity contribution is -0.135. The molecule has 0 saturated heterocycles. The van der Waals surface area contributed by atoms with Gasteiger partial charge in [0, 0.05) is 67.4 Å². The second-order valence-corrected chi connectivity index (χ2v) is 10.3. The molecule has 0 radical (unpaired) electrons. The van der Waals surface area contributed by atoms with E-state index >= 15 is 0 Å². The van der Waals surface area contributed by atoms with Crippen molar-refractivity contribution >= 4 is 45.9 Å². The van der Waals surface area contributed by atoms with Crippen molar-refractivity contribution in [2.45, 2.75) is 25.9 Å². The molecule has 0 unspecified atom stereocenters. The Morgan fingerprint density at radius 1 is 1.12 bits per heavy atom. The SMILES string of the molecule is NCCOCCOCCOCCC(=O)NCCn1ccc(-c2cc(Cl)c(Cl)c3[nH]c4c(c23)CN(C(=O)CO)CC4)n1. The number of hydrogen-bond acceptors (Lipinski definition) is 8. The number of amides is 2. The number of H-pyrrole nitrogens is 1. The largest absolute Gasteiger partial charge is 0.387 e. The molecule has 12 nitrogen and oxygen atoms in total. The highest BCUT2D eigenvalue weighted by atomic mass is 35.5. The quantitative estimate of drug-likeness (QED) is 0.179. The Balaban J connectivity index is 1.29. The lowest BCUT2D eigenvalue weighted by Gasteiger charge is -2.26. The first kappa shape index (κ1) is 31.2. The van der Waals surface area contributed by atoms with Crippen molar-refractivity contribution in [2.75, 3.05) is 65.9 Å². The number of aromatic amines is 1. The number of hydrogen-bond donors (Lipinski definition) is 4. The van der Waals surface area contributed by atoms with E-state index in [2.05, 4.69) is 10.3 Å². The van der Waals surface area contributed by atoms with Gasteiger partial charge in [-0.3, -0.25) is 14.3 Å². The summed E-state index contributed by atoms with van der Waals surface area (Å²) in [6, 6.07) is 3.66. The molecule has 224 valence electrons. The Bertz CT molecular complexity index is 1330. The van der Waals surface area contributed by atoms with Gasteiger partial charge in [0.1, 0.15) is 6.61 Å². The minimum atomic E-state index is -0.535. The van der Waals surface area contributed by atoms with E-state index in [4.69, 9.17) is 48.2 Å². The van der Waals surface area contributed by atoms with Gasteiger partial charge in [0.05, 0.1) is 67.4 Å². The zero-order valence-electron chi connectivity index (χ0n) is 22.8. The van der Waals surface area contributed by atoms with Crippen LogP contribution in [0.25, 0.3) is 22.2 Å². The standard InChI is InChI=1S/C27H36Cl2N6O6/c28-20-15-18(25-19-16-34(24(38)17-36)6-1-21(19)32-27(25)26(20)29)22-2-7-35(33-22)8-5-31-23(37)3-9-39-11-13-41-14-12-40-10-4-30/h2,7,15,32,36H,1,3-6,8-14,16-17,30H2,(H,31,37). The third-order valence-electron chi connectivity index (χ3n) is 6.69. The van der Waals surface area contributed by atoms with Crippen LogP contribution >= 0.6 is 23.2 Å². The molecular weight excluding hydrogens is 575 g/mol. The second-order valence-electron chi connectivity index (χ2n) is 9.47. The monoisotopic (exact) mass is 610 g/mol. The minimum Gasteiger partial charge on any atom is -0.387 e. The van der Waals surface area contributed by atoms with E-state index in [0.717, 1.165) is 22.2 Å². The van der Waals surface area contributed by atoms with Crippen LogP contribution in [0.4, 0.5) is 0 Å². The number of carbonyl (C=O) groups excluding carboxylic acids is 2. The predicted octanol–water partition coefficient (Wildman–Crippen LogP) is 1.73. The van der Waals surface area contributed by atoms with E-state index in [9.17, 15) is 14.7 Å². The van der Waals surface area contributed by atoms with Gasteiger partial charge in [0.15, 0.2) is 0 Å². The lowest BCUT2D eigenvalue weighted by atomic mass is 9.99. The predicted molar refractivity (Wildman–Crippen MR) is 155 cm³/mol. The lowest BCUT2D eigenvalue weighted by Crippen LogP contribution is -2.37. The van der Waals surface area contributed by atoms with Crippen molar-refractivity contribution < 1.29 is 28.9 Å². The highest BCUT2D eigenvalue weighted by molar-refractivity contribution is 6.45. The van der Waals surface area contributed by atoms with Gasteiger partial charge in [0.25, 0.3) is 0 Å². The van der Waals surface area contributed by atoms with Crippen LogP contribution in [0.5, 0.6) is 0 Å². The summed E-state index contributed by atoms with van der Waals surface area (Å²) in [5.74, 6) is -0.431. The summed E-state index contributed by atoms with van der Waals surface area (Å²) in [6.07, 6.45) is 2.70. The summed E-state index contributed by atoms with van der Waals surface area (Å²) in [5.41, 5.74) is 9.44. The Hall–Kier alpha value is -2.71. The minimum absolute atomic E-state index is 0.111. The first-order chi connectivity index (χ1) is 19.9.